The lowest BCUT2D eigenvalue weighted by molar-refractivity contribution is -0.139. The molecule has 0 aromatic heterocycles. The molecule has 0 amide bonds. The van der Waals surface area contributed by atoms with E-state index in [0.29, 0.717) is 0 Å². The third-order valence-electron chi connectivity index (χ3n) is 1.07. The molecule has 3 nitrogen and oxygen atoms in total. The van der Waals surface area contributed by atoms with Gasteiger partial charge in [-0.25, -0.2) is 4.79 Å². The van der Waals surface area contributed by atoms with Crippen LogP contribution < -0.4 is 5.32 Å². The average molecular weight is 197 g/mol. The Morgan fingerprint density at radius 3 is 2.38 bits per heavy atom. The number of halogens is 3. The molecule has 0 bridgehead atoms. The summed E-state index contributed by atoms with van der Waals surface area (Å²) in [6.07, 6.45) is -4.66. The van der Waals surface area contributed by atoms with Gasteiger partial charge in [0, 0.05) is 13.1 Å². The summed E-state index contributed by atoms with van der Waals surface area (Å²) in [5.74, 6) is -1.01. The van der Waals surface area contributed by atoms with Crippen LogP contribution in [0, 0.1) is 0 Å². The van der Waals surface area contributed by atoms with E-state index in [-0.39, 0.29) is 12.7 Å². The highest BCUT2D eigenvalue weighted by Gasteiger charge is 2.26. The predicted molar refractivity (Wildman–Crippen MR) is 39.8 cm³/mol. The summed E-state index contributed by atoms with van der Waals surface area (Å²) in [5, 5.41) is 2.11. The van der Waals surface area contributed by atoms with Crippen LogP contribution in [0.4, 0.5) is 13.2 Å². The zero-order chi connectivity index (χ0) is 10.5. The van der Waals surface area contributed by atoms with Crippen molar-refractivity contribution in [3.8, 4) is 0 Å². The lowest BCUT2D eigenvalue weighted by Crippen LogP contribution is -2.21. The molecule has 0 atom stereocenters. The number of allylic oxidation sites excluding steroid dienone is 1. The quantitative estimate of drug-likeness (QED) is 0.546. The molecule has 13 heavy (non-hydrogen) atoms. The van der Waals surface area contributed by atoms with Gasteiger partial charge in [-0.3, -0.25) is 0 Å². The minimum Gasteiger partial charge on any atom is -0.461 e. The molecule has 76 valence electrons. The molecule has 0 unspecified atom stereocenters. The number of esters is 1. The van der Waals surface area contributed by atoms with E-state index in [9.17, 15) is 18.0 Å². The summed E-state index contributed by atoms with van der Waals surface area (Å²) < 4.78 is 39.7. The van der Waals surface area contributed by atoms with Crippen molar-refractivity contribution in [1.82, 2.24) is 5.32 Å². The SMILES string of the molecule is CCOC(=O)C(=CC(F)(F)F)NC. The molecule has 0 saturated heterocycles. The summed E-state index contributed by atoms with van der Waals surface area (Å²) >= 11 is 0. The van der Waals surface area contributed by atoms with Crippen LogP contribution in [-0.4, -0.2) is 25.8 Å². The molecule has 0 rings (SSSR count). The standard InChI is InChI=1S/C7H10F3NO2/c1-3-13-6(12)5(11-2)4-7(8,9)10/h4,11H,3H2,1-2H3. The minimum atomic E-state index is -4.52. The van der Waals surface area contributed by atoms with Gasteiger partial charge in [-0.05, 0) is 6.92 Å². The number of carbonyl (C=O) groups excluding carboxylic acids is 1. The number of hydrogen-bond donors (Lipinski definition) is 1. The van der Waals surface area contributed by atoms with E-state index in [2.05, 4.69) is 10.1 Å². The molecule has 0 aromatic carbocycles. The van der Waals surface area contributed by atoms with Gasteiger partial charge in [0.1, 0.15) is 5.70 Å². The summed E-state index contributed by atoms with van der Waals surface area (Å²) in [4.78, 5) is 10.8. The van der Waals surface area contributed by atoms with E-state index in [4.69, 9.17) is 0 Å². The van der Waals surface area contributed by atoms with Gasteiger partial charge >= 0.3 is 12.1 Å². The highest BCUT2D eigenvalue weighted by Crippen LogP contribution is 2.17. The van der Waals surface area contributed by atoms with Gasteiger partial charge in [0.25, 0.3) is 0 Å². The van der Waals surface area contributed by atoms with Crippen LogP contribution in [0.25, 0.3) is 0 Å². The lowest BCUT2D eigenvalue weighted by atomic mass is 10.4. The first kappa shape index (κ1) is 11.8. The van der Waals surface area contributed by atoms with E-state index in [0.717, 1.165) is 0 Å². The largest absolute Gasteiger partial charge is 0.461 e. The molecular weight excluding hydrogens is 187 g/mol. The van der Waals surface area contributed by atoms with Crippen molar-refractivity contribution in [3.63, 3.8) is 0 Å². The number of hydrogen-bond acceptors (Lipinski definition) is 3. The summed E-state index contributed by atoms with van der Waals surface area (Å²) in [6.45, 7) is 1.55. The van der Waals surface area contributed by atoms with Crippen LogP contribution >= 0.6 is 0 Å². The molecule has 0 radical (unpaired) electrons. The normalized spacial score (nSPS) is 12.5. The van der Waals surface area contributed by atoms with E-state index in [1.807, 2.05) is 0 Å². The van der Waals surface area contributed by atoms with Crippen LogP contribution in [0.3, 0.4) is 0 Å². The van der Waals surface area contributed by atoms with Crippen LogP contribution in [0.5, 0.6) is 0 Å². The predicted octanol–water partition coefficient (Wildman–Crippen LogP) is 1.22. The molecule has 0 fully saturated rings. The molecule has 0 aliphatic carbocycles. The zero-order valence-electron chi connectivity index (χ0n) is 7.23. The average Bonchev–Trinajstić information content (AvgIpc) is 1.99. The molecule has 0 aliphatic heterocycles. The Morgan fingerprint density at radius 1 is 1.54 bits per heavy atom. The first-order valence-corrected chi connectivity index (χ1v) is 3.55. The summed E-state index contributed by atoms with van der Waals surface area (Å²) in [5.41, 5.74) is -0.602. The summed E-state index contributed by atoms with van der Waals surface area (Å²) in [6, 6.07) is 0. The fraction of sp³-hybridized carbons (Fsp3) is 0.571. The maximum atomic E-state index is 11.8. The number of alkyl halides is 3. The lowest BCUT2D eigenvalue weighted by Gasteiger charge is -2.07. The topological polar surface area (TPSA) is 38.3 Å². The van der Waals surface area contributed by atoms with Gasteiger partial charge in [-0.15, -0.1) is 0 Å². The molecule has 0 spiro atoms. The Balaban J connectivity index is 4.50. The van der Waals surface area contributed by atoms with Gasteiger partial charge in [0.15, 0.2) is 0 Å². The fourth-order valence-corrected chi connectivity index (χ4v) is 0.606. The Bertz CT molecular complexity index is 210. The number of likely N-dealkylation sites (N-methyl/N-ethyl adjacent to an activating group) is 1. The van der Waals surface area contributed by atoms with Gasteiger partial charge in [-0.2, -0.15) is 13.2 Å². The number of carbonyl (C=O) groups is 1. The summed E-state index contributed by atoms with van der Waals surface area (Å²) in [7, 11) is 1.22. The van der Waals surface area contributed by atoms with Crippen LogP contribution in [0.15, 0.2) is 11.8 Å². The number of nitrogens with one attached hydrogen (secondary N) is 1. The van der Waals surface area contributed by atoms with E-state index >= 15 is 0 Å². The van der Waals surface area contributed by atoms with Gasteiger partial charge < -0.3 is 10.1 Å². The Labute approximate surface area is 73.6 Å². The van der Waals surface area contributed by atoms with Crippen molar-refractivity contribution >= 4 is 5.97 Å². The molecule has 0 saturated carbocycles. The Kier molecular flexibility index (Phi) is 4.30. The Hall–Kier alpha value is -1.20. The Morgan fingerprint density at radius 2 is 2.08 bits per heavy atom. The van der Waals surface area contributed by atoms with E-state index in [1.54, 1.807) is 0 Å². The maximum Gasteiger partial charge on any atom is 0.411 e. The van der Waals surface area contributed by atoms with Crippen molar-refractivity contribution in [2.24, 2.45) is 0 Å². The van der Waals surface area contributed by atoms with Crippen LogP contribution in [0.1, 0.15) is 6.92 Å². The van der Waals surface area contributed by atoms with E-state index in [1.165, 1.54) is 14.0 Å². The van der Waals surface area contributed by atoms with Crippen molar-refractivity contribution in [2.45, 2.75) is 13.1 Å². The highest BCUT2D eigenvalue weighted by molar-refractivity contribution is 5.87. The smallest absolute Gasteiger partial charge is 0.411 e. The first-order valence-electron chi connectivity index (χ1n) is 3.55. The zero-order valence-corrected chi connectivity index (χ0v) is 7.23. The van der Waals surface area contributed by atoms with Gasteiger partial charge in [0.05, 0.1) is 6.61 Å². The first-order chi connectivity index (χ1) is 5.90. The molecule has 0 aliphatic rings. The third kappa shape index (κ3) is 5.10. The molecule has 1 N–H and O–H groups in total. The molecule has 0 heterocycles. The second kappa shape index (κ2) is 4.74. The maximum absolute atomic E-state index is 11.8. The van der Waals surface area contributed by atoms with Crippen LogP contribution in [-0.2, 0) is 9.53 Å². The second-order valence-electron chi connectivity index (χ2n) is 2.07. The van der Waals surface area contributed by atoms with Gasteiger partial charge in [-0.1, -0.05) is 0 Å². The fourth-order valence-electron chi connectivity index (χ4n) is 0.606. The second-order valence-corrected chi connectivity index (χ2v) is 2.07. The number of rotatable bonds is 3. The highest BCUT2D eigenvalue weighted by atomic mass is 19.4. The third-order valence-corrected chi connectivity index (χ3v) is 1.07. The molecular formula is C7H10F3NO2. The molecule has 0 aromatic rings. The number of ether oxygens (including phenoxy) is 1. The van der Waals surface area contributed by atoms with Crippen molar-refractivity contribution in [2.75, 3.05) is 13.7 Å². The van der Waals surface area contributed by atoms with Gasteiger partial charge in [0.2, 0.25) is 0 Å². The molecule has 6 heteroatoms. The van der Waals surface area contributed by atoms with E-state index < -0.39 is 17.8 Å². The van der Waals surface area contributed by atoms with Crippen LogP contribution in [0.2, 0.25) is 0 Å². The van der Waals surface area contributed by atoms with Crippen molar-refractivity contribution in [1.29, 1.82) is 0 Å². The van der Waals surface area contributed by atoms with Crippen molar-refractivity contribution < 1.29 is 22.7 Å². The van der Waals surface area contributed by atoms with Crippen molar-refractivity contribution in [3.05, 3.63) is 11.8 Å². The minimum absolute atomic E-state index is 0.0374. The monoisotopic (exact) mass is 197 g/mol.